The molecule has 9 heteroatoms. The molecule has 0 saturated carbocycles. The highest BCUT2D eigenvalue weighted by Gasteiger charge is 2.12. The summed E-state index contributed by atoms with van der Waals surface area (Å²) in [6.07, 6.45) is 0. The third-order valence-corrected chi connectivity index (χ3v) is 4.42. The van der Waals surface area contributed by atoms with Crippen LogP contribution in [0.2, 0.25) is 0 Å². The van der Waals surface area contributed by atoms with Crippen LogP contribution in [0.1, 0.15) is 6.92 Å². The third kappa shape index (κ3) is 4.99. The van der Waals surface area contributed by atoms with Gasteiger partial charge in [0.15, 0.2) is 5.82 Å². The molecule has 0 aliphatic rings. The molecule has 0 unspecified atom stereocenters. The number of nitrogens with zero attached hydrogens (tertiary/aromatic N) is 3. The molecule has 2 amide bonds. The Balaban J connectivity index is 1.56. The van der Waals surface area contributed by atoms with Crippen LogP contribution < -0.4 is 25.8 Å². The molecule has 0 bridgehead atoms. The summed E-state index contributed by atoms with van der Waals surface area (Å²) in [6, 6.07) is 14.0. The predicted octanol–water partition coefficient (Wildman–Crippen LogP) is 2.48. The van der Waals surface area contributed by atoms with Gasteiger partial charge in [0.05, 0.1) is 20.3 Å². The van der Waals surface area contributed by atoms with Crippen LogP contribution in [0.5, 0.6) is 11.5 Å². The summed E-state index contributed by atoms with van der Waals surface area (Å²) in [5.74, 6) is 2.01. The first kappa shape index (κ1) is 21.0. The van der Waals surface area contributed by atoms with Gasteiger partial charge < -0.3 is 20.1 Å². The second-order valence-electron chi connectivity index (χ2n) is 6.46. The van der Waals surface area contributed by atoms with Crippen molar-refractivity contribution in [1.82, 2.24) is 19.7 Å². The molecule has 9 nitrogen and oxygen atoms in total. The Labute approximate surface area is 174 Å². The monoisotopic (exact) mass is 411 g/mol. The molecule has 2 N–H and O–H groups in total. The maximum Gasteiger partial charge on any atom is 0.345 e. The Morgan fingerprint density at radius 1 is 1.07 bits per heavy atom. The minimum absolute atomic E-state index is 0.250. The van der Waals surface area contributed by atoms with E-state index in [4.69, 9.17) is 9.47 Å². The van der Waals surface area contributed by atoms with Gasteiger partial charge in [0.25, 0.3) is 0 Å². The molecule has 0 atom stereocenters. The fraction of sp³-hybridized carbons (Fsp3) is 0.286. The quantitative estimate of drug-likeness (QED) is 0.593. The summed E-state index contributed by atoms with van der Waals surface area (Å²) in [6.45, 7) is 2.99. The topological polar surface area (TPSA) is 99.4 Å². The zero-order valence-electron chi connectivity index (χ0n) is 17.2. The number of ether oxygens (including phenoxy) is 2. The highest BCUT2D eigenvalue weighted by atomic mass is 16.5. The number of anilines is 1. The smallest absolute Gasteiger partial charge is 0.345 e. The van der Waals surface area contributed by atoms with E-state index in [9.17, 15) is 9.59 Å². The van der Waals surface area contributed by atoms with Gasteiger partial charge in [-0.15, -0.1) is 5.10 Å². The number of nitrogens with one attached hydrogen (secondary N) is 2. The Morgan fingerprint density at radius 2 is 1.73 bits per heavy atom. The predicted molar refractivity (Wildman–Crippen MR) is 114 cm³/mol. The molecule has 0 aliphatic heterocycles. The van der Waals surface area contributed by atoms with E-state index in [1.54, 1.807) is 38.4 Å². The van der Waals surface area contributed by atoms with Gasteiger partial charge in [-0.05, 0) is 55.5 Å². The molecule has 1 heterocycles. The fourth-order valence-electron chi connectivity index (χ4n) is 2.88. The molecular weight excluding hydrogens is 386 g/mol. The molecule has 158 valence electrons. The Bertz CT molecular complexity index is 1040. The lowest BCUT2D eigenvalue weighted by molar-refractivity contribution is 0.251. The maximum absolute atomic E-state index is 12.4. The summed E-state index contributed by atoms with van der Waals surface area (Å²) < 4.78 is 13.3. The normalized spacial score (nSPS) is 10.5. The molecule has 0 spiro atoms. The number of amides is 2. The van der Waals surface area contributed by atoms with E-state index in [1.807, 2.05) is 31.2 Å². The molecule has 0 saturated heterocycles. The van der Waals surface area contributed by atoms with E-state index in [-0.39, 0.29) is 24.8 Å². The van der Waals surface area contributed by atoms with Crippen LogP contribution in [-0.2, 0) is 13.6 Å². The minimum Gasteiger partial charge on any atom is -0.497 e. The van der Waals surface area contributed by atoms with Crippen molar-refractivity contribution >= 4 is 11.7 Å². The van der Waals surface area contributed by atoms with Gasteiger partial charge in [0, 0.05) is 24.8 Å². The average Bonchev–Trinajstić information content (AvgIpc) is 3.04. The van der Waals surface area contributed by atoms with Gasteiger partial charge >= 0.3 is 11.7 Å². The van der Waals surface area contributed by atoms with Crippen LogP contribution in [-0.4, -0.2) is 40.6 Å². The van der Waals surface area contributed by atoms with Crippen LogP contribution in [0, 0.1) is 0 Å². The van der Waals surface area contributed by atoms with Crippen molar-refractivity contribution in [3.63, 3.8) is 0 Å². The molecule has 2 aromatic carbocycles. The molecule has 3 aromatic rings. The summed E-state index contributed by atoms with van der Waals surface area (Å²) in [4.78, 5) is 24.5. The van der Waals surface area contributed by atoms with E-state index < -0.39 is 0 Å². The summed E-state index contributed by atoms with van der Waals surface area (Å²) >= 11 is 0. The fourth-order valence-corrected chi connectivity index (χ4v) is 2.88. The average molecular weight is 411 g/mol. The molecule has 0 aliphatic carbocycles. The zero-order chi connectivity index (χ0) is 21.5. The van der Waals surface area contributed by atoms with Crippen LogP contribution in [0.4, 0.5) is 10.5 Å². The Morgan fingerprint density at radius 3 is 2.37 bits per heavy atom. The van der Waals surface area contributed by atoms with Crippen molar-refractivity contribution in [2.75, 3.05) is 25.6 Å². The summed E-state index contributed by atoms with van der Waals surface area (Å²) in [7, 11) is 3.26. The SMILES string of the molecule is CCOc1ccc(NC(=O)NCCn2nc(-c3ccc(OC)cc3)n(C)c2=O)cc1. The molecule has 0 radical (unpaired) electrons. The van der Waals surface area contributed by atoms with E-state index in [0.717, 1.165) is 17.1 Å². The minimum atomic E-state index is -0.362. The van der Waals surface area contributed by atoms with E-state index in [0.29, 0.717) is 18.1 Å². The van der Waals surface area contributed by atoms with Gasteiger partial charge in [0.2, 0.25) is 0 Å². The third-order valence-electron chi connectivity index (χ3n) is 4.42. The van der Waals surface area contributed by atoms with Gasteiger partial charge in [-0.25, -0.2) is 14.3 Å². The van der Waals surface area contributed by atoms with Crippen molar-refractivity contribution in [3.8, 4) is 22.9 Å². The van der Waals surface area contributed by atoms with Gasteiger partial charge in [0.1, 0.15) is 11.5 Å². The van der Waals surface area contributed by atoms with Crippen molar-refractivity contribution in [2.45, 2.75) is 13.5 Å². The Kier molecular flexibility index (Phi) is 6.74. The number of methoxy groups -OCH3 is 1. The molecule has 1 aromatic heterocycles. The number of rotatable bonds is 8. The van der Waals surface area contributed by atoms with E-state index in [1.165, 1.54) is 9.25 Å². The van der Waals surface area contributed by atoms with E-state index >= 15 is 0 Å². The van der Waals surface area contributed by atoms with Gasteiger partial charge in [-0.1, -0.05) is 0 Å². The number of carbonyl (C=O) groups excluding carboxylic acids is 1. The highest BCUT2D eigenvalue weighted by Crippen LogP contribution is 2.19. The van der Waals surface area contributed by atoms with Crippen LogP contribution in [0.3, 0.4) is 0 Å². The van der Waals surface area contributed by atoms with Gasteiger partial charge in [-0.2, -0.15) is 0 Å². The molecule has 0 fully saturated rings. The van der Waals surface area contributed by atoms with E-state index in [2.05, 4.69) is 15.7 Å². The highest BCUT2D eigenvalue weighted by molar-refractivity contribution is 5.89. The number of hydrogen-bond donors (Lipinski definition) is 2. The van der Waals surface area contributed by atoms with Crippen molar-refractivity contribution in [1.29, 1.82) is 0 Å². The van der Waals surface area contributed by atoms with Gasteiger partial charge in [-0.3, -0.25) is 4.57 Å². The standard InChI is InChI=1S/C21H25N5O4/c1-4-30-18-11-7-16(8-12-18)23-20(27)22-13-14-26-21(28)25(2)19(24-26)15-5-9-17(29-3)10-6-15/h5-12H,4,13-14H2,1-3H3,(H2,22,23,27). The summed E-state index contributed by atoms with van der Waals surface area (Å²) in [5.41, 5.74) is 1.19. The number of carbonyl (C=O) groups is 1. The molecule has 30 heavy (non-hydrogen) atoms. The Hall–Kier alpha value is -3.75. The van der Waals surface area contributed by atoms with Crippen molar-refractivity contribution in [3.05, 3.63) is 59.0 Å². The number of hydrogen-bond acceptors (Lipinski definition) is 5. The van der Waals surface area contributed by atoms with Crippen molar-refractivity contribution in [2.24, 2.45) is 7.05 Å². The number of urea groups is 1. The largest absolute Gasteiger partial charge is 0.497 e. The second kappa shape index (κ2) is 9.64. The zero-order valence-corrected chi connectivity index (χ0v) is 17.2. The first-order chi connectivity index (χ1) is 14.5. The van der Waals surface area contributed by atoms with Crippen LogP contribution in [0.15, 0.2) is 53.3 Å². The molecule has 3 rings (SSSR count). The first-order valence-electron chi connectivity index (χ1n) is 9.57. The van der Waals surface area contributed by atoms with Crippen molar-refractivity contribution < 1.29 is 14.3 Å². The van der Waals surface area contributed by atoms with Crippen LogP contribution in [0.25, 0.3) is 11.4 Å². The number of benzene rings is 2. The molecular formula is C21H25N5O4. The first-order valence-corrected chi connectivity index (χ1v) is 9.57. The second-order valence-corrected chi connectivity index (χ2v) is 6.46. The maximum atomic E-state index is 12.4. The lowest BCUT2D eigenvalue weighted by atomic mass is 10.2. The lowest BCUT2D eigenvalue weighted by Crippen LogP contribution is -2.34. The summed E-state index contributed by atoms with van der Waals surface area (Å²) in [5, 5.41) is 9.84. The number of aromatic nitrogens is 3. The van der Waals surface area contributed by atoms with Crippen LogP contribution >= 0.6 is 0 Å². The lowest BCUT2D eigenvalue weighted by Gasteiger charge is -2.08.